The second kappa shape index (κ2) is 9.55. The predicted octanol–water partition coefficient (Wildman–Crippen LogP) is 2.60. The van der Waals surface area contributed by atoms with E-state index in [0.717, 1.165) is 50.6 Å². The number of anilines is 1. The van der Waals surface area contributed by atoms with Crippen LogP contribution >= 0.6 is 0 Å². The number of β-amino-alcohol motifs (C(OH)–C–C–N with tert-alkyl or cyclic N) is 1. The number of nitrogens with zero attached hydrogens (tertiary/aromatic N) is 3. The summed E-state index contributed by atoms with van der Waals surface area (Å²) < 4.78 is 5.74. The molecule has 140 valence electrons. The van der Waals surface area contributed by atoms with Crippen LogP contribution in [0.2, 0.25) is 0 Å². The lowest BCUT2D eigenvalue weighted by Gasteiger charge is -2.36. The van der Waals surface area contributed by atoms with Gasteiger partial charge >= 0.3 is 0 Å². The maximum atomic E-state index is 10.3. The number of hydrogen-bond acceptors (Lipinski definition) is 5. The first-order valence-corrected chi connectivity index (χ1v) is 9.52. The highest BCUT2D eigenvalue weighted by molar-refractivity contribution is 5.38. The number of benzene rings is 1. The van der Waals surface area contributed by atoms with Gasteiger partial charge in [0.15, 0.2) is 0 Å². The number of aryl methyl sites for hydroxylation is 1. The molecule has 1 fully saturated rings. The summed E-state index contributed by atoms with van der Waals surface area (Å²) in [5.74, 6) is 1.85. The number of aliphatic hydroxyl groups is 1. The van der Waals surface area contributed by atoms with Crippen LogP contribution in [0.25, 0.3) is 0 Å². The first kappa shape index (κ1) is 18.7. The number of pyridine rings is 1. The molecule has 0 amide bonds. The van der Waals surface area contributed by atoms with Crippen molar-refractivity contribution in [1.82, 2.24) is 9.88 Å². The summed E-state index contributed by atoms with van der Waals surface area (Å²) in [7, 11) is 0. The lowest BCUT2D eigenvalue weighted by atomic mass is 10.1. The molecule has 1 N–H and O–H groups in total. The summed E-state index contributed by atoms with van der Waals surface area (Å²) in [6.07, 6.45) is 3.59. The Morgan fingerprint density at radius 3 is 2.50 bits per heavy atom. The van der Waals surface area contributed by atoms with Gasteiger partial charge in [-0.2, -0.15) is 0 Å². The molecule has 0 aliphatic carbocycles. The number of hydrogen-bond donors (Lipinski definition) is 1. The third kappa shape index (κ3) is 5.44. The van der Waals surface area contributed by atoms with Gasteiger partial charge in [-0.3, -0.25) is 4.90 Å². The molecule has 1 saturated heterocycles. The lowest BCUT2D eigenvalue weighted by molar-refractivity contribution is 0.0662. The van der Waals surface area contributed by atoms with Crippen molar-refractivity contribution in [2.75, 3.05) is 44.2 Å². The largest absolute Gasteiger partial charge is 0.491 e. The summed E-state index contributed by atoms with van der Waals surface area (Å²) in [5, 5.41) is 10.3. The van der Waals surface area contributed by atoms with Gasteiger partial charge in [0, 0.05) is 38.9 Å². The number of rotatable bonds is 8. The minimum Gasteiger partial charge on any atom is -0.491 e. The molecule has 0 radical (unpaired) electrons. The van der Waals surface area contributed by atoms with E-state index in [1.807, 2.05) is 36.5 Å². The molecule has 0 saturated carbocycles. The van der Waals surface area contributed by atoms with E-state index in [9.17, 15) is 5.11 Å². The van der Waals surface area contributed by atoms with Crippen molar-refractivity contribution < 1.29 is 9.84 Å². The zero-order valence-corrected chi connectivity index (χ0v) is 15.6. The minimum absolute atomic E-state index is 0.327. The zero-order valence-electron chi connectivity index (χ0n) is 15.6. The van der Waals surface area contributed by atoms with Crippen LogP contribution in [0.3, 0.4) is 0 Å². The molecular weight excluding hydrogens is 326 g/mol. The number of aromatic nitrogens is 1. The van der Waals surface area contributed by atoms with Crippen molar-refractivity contribution >= 4 is 5.82 Å². The smallest absolute Gasteiger partial charge is 0.128 e. The lowest BCUT2D eigenvalue weighted by Crippen LogP contribution is -2.49. The first-order chi connectivity index (χ1) is 12.7. The normalized spacial score (nSPS) is 16.5. The Hall–Kier alpha value is -2.11. The Labute approximate surface area is 156 Å². The van der Waals surface area contributed by atoms with E-state index in [-0.39, 0.29) is 0 Å². The highest BCUT2D eigenvalue weighted by atomic mass is 16.5. The van der Waals surface area contributed by atoms with E-state index in [4.69, 9.17) is 4.74 Å². The molecule has 5 heteroatoms. The fraction of sp³-hybridized carbons (Fsp3) is 0.476. The van der Waals surface area contributed by atoms with Crippen molar-refractivity contribution in [2.24, 2.45) is 0 Å². The molecule has 1 atom stereocenters. The molecule has 1 aliphatic heterocycles. The predicted molar refractivity (Wildman–Crippen MR) is 105 cm³/mol. The second-order valence-corrected chi connectivity index (χ2v) is 6.83. The van der Waals surface area contributed by atoms with Crippen molar-refractivity contribution in [1.29, 1.82) is 0 Å². The van der Waals surface area contributed by atoms with E-state index in [1.54, 1.807) is 0 Å². The molecule has 26 heavy (non-hydrogen) atoms. The van der Waals surface area contributed by atoms with Gasteiger partial charge in [0.2, 0.25) is 0 Å². The molecular formula is C21H29N3O2. The van der Waals surface area contributed by atoms with Crippen LogP contribution in [0, 0.1) is 0 Å². The molecule has 1 aromatic heterocycles. The fourth-order valence-electron chi connectivity index (χ4n) is 3.28. The van der Waals surface area contributed by atoms with E-state index < -0.39 is 6.10 Å². The van der Waals surface area contributed by atoms with E-state index in [0.29, 0.717) is 13.2 Å². The molecule has 2 heterocycles. The van der Waals surface area contributed by atoms with Crippen LogP contribution in [0.4, 0.5) is 5.82 Å². The molecule has 1 aromatic carbocycles. The molecule has 2 aromatic rings. The third-order valence-electron chi connectivity index (χ3n) is 4.72. The van der Waals surface area contributed by atoms with Gasteiger partial charge < -0.3 is 14.7 Å². The molecule has 5 nitrogen and oxygen atoms in total. The third-order valence-corrected chi connectivity index (χ3v) is 4.72. The zero-order chi connectivity index (χ0) is 18.2. The SMILES string of the molecule is CCCc1ccc(OC[C@@H](O)CN2CCN(c3ccccn3)CC2)cc1. The van der Waals surface area contributed by atoms with Crippen LogP contribution in [0.5, 0.6) is 5.75 Å². The average Bonchev–Trinajstić information content (AvgIpc) is 2.69. The Kier molecular flexibility index (Phi) is 6.86. The van der Waals surface area contributed by atoms with Crippen LogP contribution in [-0.2, 0) is 6.42 Å². The fourth-order valence-corrected chi connectivity index (χ4v) is 3.28. The topological polar surface area (TPSA) is 48.8 Å². The maximum absolute atomic E-state index is 10.3. The molecule has 0 unspecified atom stereocenters. The summed E-state index contributed by atoms with van der Waals surface area (Å²) in [6.45, 7) is 6.88. The average molecular weight is 355 g/mol. The summed E-state index contributed by atoms with van der Waals surface area (Å²) in [6, 6.07) is 14.2. The Morgan fingerprint density at radius 2 is 1.85 bits per heavy atom. The summed E-state index contributed by atoms with van der Waals surface area (Å²) in [5.41, 5.74) is 1.33. The van der Waals surface area contributed by atoms with E-state index in [1.165, 1.54) is 5.56 Å². The van der Waals surface area contributed by atoms with Crippen molar-refractivity contribution in [3.63, 3.8) is 0 Å². The maximum Gasteiger partial charge on any atom is 0.128 e. The first-order valence-electron chi connectivity index (χ1n) is 9.52. The van der Waals surface area contributed by atoms with Crippen molar-refractivity contribution in [3.8, 4) is 5.75 Å². The van der Waals surface area contributed by atoms with Gasteiger partial charge in [0.05, 0.1) is 0 Å². The number of piperazine rings is 1. The van der Waals surface area contributed by atoms with Gasteiger partial charge in [0.1, 0.15) is 24.3 Å². The molecule has 3 rings (SSSR count). The van der Waals surface area contributed by atoms with E-state index in [2.05, 4.69) is 33.8 Å². The highest BCUT2D eigenvalue weighted by Crippen LogP contribution is 2.15. The van der Waals surface area contributed by atoms with E-state index >= 15 is 0 Å². The molecule has 0 bridgehead atoms. The number of aliphatic hydroxyl groups excluding tert-OH is 1. The highest BCUT2D eigenvalue weighted by Gasteiger charge is 2.20. The summed E-state index contributed by atoms with van der Waals surface area (Å²) in [4.78, 5) is 8.99. The molecule has 0 spiro atoms. The van der Waals surface area contributed by atoms with Crippen molar-refractivity contribution in [3.05, 3.63) is 54.2 Å². The van der Waals surface area contributed by atoms with Gasteiger partial charge in [-0.25, -0.2) is 4.98 Å². The van der Waals surface area contributed by atoms with Gasteiger partial charge in [0.25, 0.3) is 0 Å². The van der Waals surface area contributed by atoms with Crippen molar-refractivity contribution in [2.45, 2.75) is 25.9 Å². The Morgan fingerprint density at radius 1 is 1.08 bits per heavy atom. The second-order valence-electron chi connectivity index (χ2n) is 6.83. The van der Waals surface area contributed by atoms with Crippen LogP contribution in [0.1, 0.15) is 18.9 Å². The minimum atomic E-state index is -0.480. The van der Waals surface area contributed by atoms with Crippen LogP contribution < -0.4 is 9.64 Å². The Bertz CT molecular complexity index is 640. The van der Waals surface area contributed by atoms with Crippen LogP contribution in [-0.4, -0.2) is 60.4 Å². The molecule has 1 aliphatic rings. The quantitative estimate of drug-likeness (QED) is 0.789. The standard InChI is InChI=1S/C21H29N3O2/c1-2-5-18-7-9-20(10-8-18)26-17-19(25)16-23-12-14-24(15-13-23)21-6-3-4-11-22-21/h3-4,6-11,19,25H,2,5,12-17H2,1H3/t19-/m0/s1. The van der Waals surface area contributed by atoms with Gasteiger partial charge in [-0.1, -0.05) is 31.5 Å². The van der Waals surface area contributed by atoms with Gasteiger partial charge in [-0.05, 0) is 36.2 Å². The van der Waals surface area contributed by atoms with Gasteiger partial charge in [-0.15, -0.1) is 0 Å². The monoisotopic (exact) mass is 355 g/mol. The van der Waals surface area contributed by atoms with Crippen LogP contribution in [0.15, 0.2) is 48.7 Å². The number of ether oxygens (including phenoxy) is 1. The summed E-state index contributed by atoms with van der Waals surface area (Å²) >= 11 is 0. The Balaban J connectivity index is 1.38.